The standard InChI is InChI=1S/C15H24N2O3/c1-4-9-16-13-7-5-12(6-8-13)15(19)20-11-14(18)10-17(2)3/h5-8,14,16,18H,4,9-11H2,1-3H3. The molecule has 5 heteroatoms. The number of carbonyl (C=O) groups is 1. The van der Waals surface area contributed by atoms with Crippen LogP contribution in [0.5, 0.6) is 0 Å². The number of nitrogens with one attached hydrogen (secondary N) is 1. The third-order valence-corrected chi connectivity index (χ3v) is 2.68. The Hall–Kier alpha value is -1.59. The maximum absolute atomic E-state index is 11.8. The molecule has 1 aromatic carbocycles. The monoisotopic (exact) mass is 280 g/mol. The number of aliphatic hydroxyl groups is 1. The summed E-state index contributed by atoms with van der Waals surface area (Å²) in [5, 5.41) is 12.9. The van der Waals surface area contributed by atoms with E-state index in [-0.39, 0.29) is 6.61 Å². The van der Waals surface area contributed by atoms with Crippen LogP contribution in [0.25, 0.3) is 0 Å². The number of likely N-dealkylation sites (N-methyl/N-ethyl adjacent to an activating group) is 1. The van der Waals surface area contributed by atoms with Crippen molar-refractivity contribution in [3.63, 3.8) is 0 Å². The molecule has 0 bridgehead atoms. The van der Waals surface area contributed by atoms with E-state index < -0.39 is 12.1 Å². The number of hydrogen-bond donors (Lipinski definition) is 2. The highest BCUT2D eigenvalue weighted by molar-refractivity contribution is 5.89. The Morgan fingerprint density at radius 2 is 2.00 bits per heavy atom. The Morgan fingerprint density at radius 1 is 1.35 bits per heavy atom. The van der Waals surface area contributed by atoms with Gasteiger partial charge in [-0.15, -0.1) is 0 Å². The summed E-state index contributed by atoms with van der Waals surface area (Å²) in [4.78, 5) is 13.6. The van der Waals surface area contributed by atoms with Crippen LogP contribution in [0.3, 0.4) is 0 Å². The molecule has 0 spiro atoms. The summed E-state index contributed by atoms with van der Waals surface area (Å²) in [6, 6.07) is 7.14. The number of carbonyl (C=O) groups excluding carboxylic acids is 1. The molecule has 0 saturated heterocycles. The lowest BCUT2D eigenvalue weighted by Crippen LogP contribution is -2.30. The molecule has 20 heavy (non-hydrogen) atoms. The molecule has 0 saturated carbocycles. The first-order valence-corrected chi connectivity index (χ1v) is 6.86. The van der Waals surface area contributed by atoms with E-state index in [9.17, 15) is 9.90 Å². The fourth-order valence-corrected chi connectivity index (χ4v) is 1.72. The number of nitrogens with zero attached hydrogens (tertiary/aromatic N) is 1. The van der Waals surface area contributed by atoms with Crippen molar-refractivity contribution in [1.29, 1.82) is 0 Å². The van der Waals surface area contributed by atoms with Gasteiger partial charge in [-0.25, -0.2) is 4.79 Å². The van der Waals surface area contributed by atoms with Gasteiger partial charge in [-0.3, -0.25) is 0 Å². The van der Waals surface area contributed by atoms with Gasteiger partial charge in [0, 0.05) is 18.8 Å². The second-order valence-corrected chi connectivity index (χ2v) is 5.02. The maximum Gasteiger partial charge on any atom is 0.338 e. The van der Waals surface area contributed by atoms with Crippen molar-refractivity contribution in [2.75, 3.05) is 39.1 Å². The van der Waals surface area contributed by atoms with E-state index >= 15 is 0 Å². The first kappa shape index (κ1) is 16.5. The van der Waals surface area contributed by atoms with Crippen LogP contribution in [0.2, 0.25) is 0 Å². The van der Waals surface area contributed by atoms with E-state index in [1.165, 1.54) is 0 Å². The minimum Gasteiger partial charge on any atom is -0.459 e. The van der Waals surface area contributed by atoms with Crippen molar-refractivity contribution in [3.8, 4) is 0 Å². The molecule has 0 aromatic heterocycles. The Bertz CT molecular complexity index is 404. The van der Waals surface area contributed by atoms with Gasteiger partial charge in [0.25, 0.3) is 0 Å². The molecular formula is C15H24N2O3. The minimum atomic E-state index is -0.667. The van der Waals surface area contributed by atoms with Gasteiger partial charge in [-0.05, 0) is 44.8 Å². The fraction of sp³-hybridized carbons (Fsp3) is 0.533. The van der Waals surface area contributed by atoms with E-state index in [4.69, 9.17) is 4.74 Å². The molecule has 0 amide bonds. The predicted octanol–water partition coefficient (Wildman–Crippen LogP) is 1.59. The fourth-order valence-electron chi connectivity index (χ4n) is 1.72. The molecule has 1 aromatic rings. The number of benzene rings is 1. The van der Waals surface area contributed by atoms with Crippen LogP contribution in [0, 0.1) is 0 Å². The molecule has 0 aliphatic rings. The highest BCUT2D eigenvalue weighted by Crippen LogP contribution is 2.10. The van der Waals surface area contributed by atoms with Gasteiger partial charge in [-0.2, -0.15) is 0 Å². The summed E-state index contributed by atoms with van der Waals surface area (Å²) < 4.78 is 5.08. The normalized spacial score (nSPS) is 12.2. The second-order valence-electron chi connectivity index (χ2n) is 5.02. The summed E-state index contributed by atoms with van der Waals surface area (Å²) in [5.41, 5.74) is 1.47. The molecule has 1 unspecified atom stereocenters. The van der Waals surface area contributed by atoms with Crippen molar-refractivity contribution in [1.82, 2.24) is 4.90 Å². The zero-order valence-electron chi connectivity index (χ0n) is 12.4. The van der Waals surface area contributed by atoms with Crippen molar-refractivity contribution in [2.24, 2.45) is 0 Å². The van der Waals surface area contributed by atoms with Crippen LogP contribution < -0.4 is 5.32 Å². The number of aliphatic hydroxyl groups excluding tert-OH is 1. The number of hydrogen-bond acceptors (Lipinski definition) is 5. The summed E-state index contributed by atoms with van der Waals surface area (Å²) in [5.74, 6) is -0.412. The molecule has 0 radical (unpaired) electrons. The molecular weight excluding hydrogens is 256 g/mol. The van der Waals surface area contributed by atoms with Crippen LogP contribution in [-0.2, 0) is 4.74 Å². The van der Waals surface area contributed by atoms with E-state index in [1.807, 2.05) is 31.1 Å². The first-order valence-electron chi connectivity index (χ1n) is 6.86. The third kappa shape index (κ3) is 6.04. The van der Waals surface area contributed by atoms with Gasteiger partial charge in [-0.1, -0.05) is 6.92 Å². The van der Waals surface area contributed by atoms with E-state index in [1.54, 1.807) is 12.1 Å². The number of anilines is 1. The lowest BCUT2D eigenvalue weighted by Gasteiger charge is -2.15. The third-order valence-electron chi connectivity index (χ3n) is 2.68. The molecule has 0 fully saturated rings. The molecule has 112 valence electrons. The van der Waals surface area contributed by atoms with Gasteiger partial charge in [0.2, 0.25) is 0 Å². The molecule has 0 heterocycles. The van der Waals surface area contributed by atoms with Crippen LogP contribution in [0.4, 0.5) is 5.69 Å². The number of rotatable bonds is 8. The van der Waals surface area contributed by atoms with Gasteiger partial charge in [0.1, 0.15) is 12.7 Å². The second kappa shape index (κ2) is 8.55. The Labute approximate surface area is 120 Å². The summed E-state index contributed by atoms with van der Waals surface area (Å²) in [7, 11) is 3.71. The zero-order chi connectivity index (χ0) is 15.0. The summed E-state index contributed by atoms with van der Waals surface area (Å²) in [6.07, 6.45) is 0.382. The quantitative estimate of drug-likeness (QED) is 0.708. The maximum atomic E-state index is 11.8. The molecule has 0 aliphatic carbocycles. The van der Waals surface area contributed by atoms with Crippen molar-refractivity contribution >= 4 is 11.7 Å². The molecule has 1 rings (SSSR count). The van der Waals surface area contributed by atoms with E-state index in [0.29, 0.717) is 12.1 Å². The lowest BCUT2D eigenvalue weighted by molar-refractivity contribution is 0.0198. The molecule has 5 nitrogen and oxygen atoms in total. The van der Waals surface area contributed by atoms with Crippen molar-refractivity contribution in [3.05, 3.63) is 29.8 Å². The highest BCUT2D eigenvalue weighted by atomic mass is 16.5. The van der Waals surface area contributed by atoms with Crippen LogP contribution in [0.15, 0.2) is 24.3 Å². The van der Waals surface area contributed by atoms with E-state index in [0.717, 1.165) is 18.7 Å². The highest BCUT2D eigenvalue weighted by Gasteiger charge is 2.11. The first-order chi connectivity index (χ1) is 9.52. The zero-order valence-corrected chi connectivity index (χ0v) is 12.4. The van der Waals surface area contributed by atoms with Gasteiger partial charge in [0.05, 0.1) is 5.56 Å². The van der Waals surface area contributed by atoms with Crippen LogP contribution in [-0.4, -0.2) is 55.9 Å². The largest absolute Gasteiger partial charge is 0.459 e. The summed E-state index contributed by atoms with van der Waals surface area (Å²) >= 11 is 0. The SMILES string of the molecule is CCCNc1ccc(C(=O)OCC(O)CN(C)C)cc1. The minimum absolute atomic E-state index is 0.00680. The number of esters is 1. The smallest absolute Gasteiger partial charge is 0.338 e. The summed E-state index contributed by atoms with van der Waals surface area (Å²) in [6.45, 7) is 3.47. The van der Waals surface area contributed by atoms with Crippen molar-refractivity contribution in [2.45, 2.75) is 19.4 Å². The average Bonchev–Trinajstić information content (AvgIpc) is 2.42. The topological polar surface area (TPSA) is 61.8 Å². The molecule has 1 atom stereocenters. The Kier molecular flexibility index (Phi) is 7.04. The lowest BCUT2D eigenvalue weighted by atomic mass is 10.2. The van der Waals surface area contributed by atoms with Crippen molar-refractivity contribution < 1.29 is 14.6 Å². The predicted molar refractivity (Wildman–Crippen MR) is 80.1 cm³/mol. The molecule has 2 N–H and O–H groups in total. The number of ether oxygens (including phenoxy) is 1. The van der Waals surface area contributed by atoms with E-state index in [2.05, 4.69) is 12.2 Å². The van der Waals surface area contributed by atoms with Crippen LogP contribution >= 0.6 is 0 Å². The van der Waals surface area contributed by atoms with Gasteiger partial charge >= 0.3 is 5.97 Å². The Balaban J connectivity index is 2.43. The Morgan fingerprint density at radius 3 is 2.55 bits per heavy atom. The average molecular weight is 280 g/mol. The van der Waals surface area contributed by atoms with Gasteiger partial charge < -0.3 is 20.1 Å². The van der Waals surface area contributed by atoms with Crippen LogP contribution in [0.1, 0.15) is 23.7 Å². The van der Waals surface area contributed by atoms with Gasteiger partial charge in [0.15, 0.2) is 0 Å². The molecule has 0 aliphatic heterocycles.